The highest BCUT2D eigenvalue weighted by Crippen LogP contribution is 2.45. The predicted octanol–water partition coefficient (Wildman–Crippen LogP) is 1.39. The van der Waals surface area contributed by atoms with E-state index >= 15 is 0 Å². The molecule has 2 heterocycles. The van der Waals surface area contributed by atoms with E-state index in [2.05, 4.69) is 17.1 Å². The summed E-state index contributed by atoms with van der Waals surface area (Å²) >= 11 is 1.86. The molecule has 66 valence electrons. The third kappa shape index (κ3) is 1.18. The average molecular weight is 185 g/mol. The van der Waals surface area contributed by atoms with Gasteiger partial charge in [0.05, 0.1) is 4.75 Å². The number of nitrogens with zero attached hydrogens (tertiary/aromatic N) is 2. The molecule has 1 unspecified atom stereocenters. The summed E-state index contributed by atoms with van der Waals surface area (Å²) in [6.45, 7) is 2.12. The molecule has 0 aromatic carbocycles. The van der Waals surface area contributed by atoms with Gasteiger partial charge in [-0.2, -0.15) is 0 Å². The van der Waals surface area contributed by atoms with Gasteiger partial charge in [0.1, 0.15) is 0 Å². The number of aromatic nitrogens is 2. The van der Waals surface area contributed by atoms with Gasteiger partial charge in [0, 0.05) is 0 Å². The zero-order valence-electron chi connectivity index (χ0n) is 6.91. The number of rotatable bonds is 1. The van der Waals surface area contributed by atoms with Crippen LogP contribution in [0.15, 0.2) is 4.42 Å². The summed E-state index contributed by atoms with van der Waals surface area (Å²) in [6, 6.07) is 0.165. The fraction of sp³-hybridized carbons (Fsp3) is 0.714. The Morgan fingerprint density at radius 1 is 1.58 bits per heavy atom. The third-order valence-corrected chi connectivity index (χ3v) is 3.62. The van der Waals surface area contributed by atoms with Crippen LogP contribution in [0, 0.1) is 0 Å². The summed E-state index contributed by atoms with van der Waals surface area (Å²) in [5, 5.41) is 7.56. The molecule has 4 nitrogen and oxygen atoms in total. The van der Waals surface area contributed by atoms with Crippen LogP contribution >= 0.6 is 11.8 Å². The van der Waals surface area contributed by atoms with Crippen LogP contribution in [0.2, 0.25) is 0 Å². The van der Waals surface area contributed by atoms with Crippen molar-refractivity contribution in [3.8, 4) is 0 Å². The van der Waals surface area contributed by atoms with Crippen molar-refractivity contribution in [1.82, 2.24) is 10.2 Å². The van der Waals surface area contributed by atoms with Crippen LogP contribution in [0.1, 0.15) is 25.7 Å². The van der Waals surface area contributed by atoms with Crippen LogP contribution in [0.5, 0.6) is 0 Å². The summed E-state index contributed by atoms with van der Waals surface area (Å²) in [7, 11) is 0. The lowest BCUT2D eigenvalue weighted by Gasteiger charge is -2.16. The summed E-state index contributed by atoms with van der Waals surface area (Å²) in [5.74, 6) is 1.83. The van der Waals surface area contributed by atoms with Gasteiger partial charge in [-0.05, 0) is 25.5 Å². The van der Waals surface area contributed by atoms with Crippen molar-refractivity contribution in [3.05, 3.63) is 5.89 Å². The second-order valence-corrected chi connectivity index (χ2v) is 4.73. The molecule has 0 bridgehead atoms. The first-order valence-corrected chi connectivity index (χ1v) is 4.93. The Labute approximate surface area is 74.9 Å². The molecule has 1 atom stereocenters. The number of hydrogen-bond donors (Lipinski definition) is 1. The molecule has 1 fully saturated rings. The predicted molar refractivity (Wildman–Crippen MR) is 47.8 cm³/mol. The summed E-state index contributed by atoms with van der Waals surface area (Å²) in [4.78, 5) is 0. The van der Waals surface area contributed by atoms with Crippen molar-refractivity contribution >= 4 is 17.8 Å². The van der Waals surface area contributed by atoms with Gasteiger partial charge < -0.3 is 10.2 Å². The standard InChI is InChI=1S/C7H11N3OS/c1-7(3-2-4-12-7)5-9-10-6(8)11-5/h2-4H2,1H3,(H2,8,10). The smallest absolute Gasteiger partial charge is 0.312 e. The van der Waals surface area contributed by atoms with Gasteiger partial charge in [0.25, 0.3) is 0 Å². The van der Waals surface area contributed by atoms with Crippen LogP contribution in [0.25, 0.3) is 0 Å². The molecule has 1 aromatic heterocycles. The first kappa shape index (κ1) is 7.91. The average Bonchev–Trinajstić information content (AvgIpc) is 2.59. The third-order valence-electron chi connectivity index (χ3n) is 2.11. The summed E-state index contributed by atoms with van der Waals surface area (Å²) < 4.78 is 5.21. The Balaban J connectivity index is 2.28. The van der Waals surface area contributed by atoms with E-state index in [0.717, 1.165) is 6.42 Å². The maximum absolute atomic E-state index is 5.36. The Bertz CT molecular complexity index is 280. The number of nitrogens with two attached hydrogens (primary N) is 1. The minimum Gasteiger partial charge on any atom is -0.407 e. The maximum atomic E-state index is 5.36. The van der Waals surface area contributed by atoms with E-state index in [-0.39, 0.29) is 10.8 Å². The van der Waals surface area contributed by atoms with E-state index in [1.54, 1.807) is 0 Å². The van der Waals surface area contributed by atoms with E-state index in [9.17, 15) is 0 Å². The van der Waals surface area contributed by atoms with E-state index < -0.39 is 0 Å². The highest BCUT2D eigenvalue weighted by molar-refractivity contribution is 8.00. The lowest BCUT2D eigenvalue weighted by molar-refractivity contribution is 0.439. The van der Waals surface area contributed by atoms with Crippen molar-refractivity contribution in [2.75, 3.05) is 11.5 Å². The summed E-state index contributed by atoms with van der Waals surface area (Å²) in [5.41, 5.74) is 5.36. The van der Waals surface area contributed by atoms with Crippen molar-refractivity contribution in [1.29, 1.82) is 0 Å². The minimum absolute atomic E-state index is 0.00458. The number of hydrogen-bond acceptors (Lipinski definition) is 5. The molecule has 2 rings (SSSR count). The van der Waals surface area contributed by atoms with Crippen LogP contribution in [0.4, 0.5) is 6.01 Å². The first-order chi connectivity index (χ1) is 5.71. The lowest BCUT2D eigenvalue weighted by atomic mass is 10.1. The quantitative estimate of drug-likeness (QED) is 0.716. The fourth-order valence-corrected chi connectivity index (χ4v) is 2.63. The molecule has 0 spiro atoms. The Morgan fingerprint density at radius 3 is 2.92 bits per heavy atom. The van der Waals surface area contributed by atoms with Crippen LogP contribution in [0.3, 0.4) is 0 Å². The molecule has 1 saturated heterocycles. The van der Waals surface area contributed by atoms with Gasteiger partial charge in [-0.25, -0.2) is 0 Å². The Morgan fingerprint density at radius 2 is 2.42 bits per heavy atom. The second-order valence-electron chi connectivity index (χ2n) is 3.13. The van der Waals surface area contributed by atoms with E-state index in [4.69, 9.17) is 10.2 Å². The van der Waals surface area contributed by atoms with Crippen molar-refractivity contribution < 1.29 is 4.42 Å². The highest BCUT2D eigenvalue weighted by atomic mass is 32.2. The van der Waals surface area contributed by atoms with Crippen LogP contribution in [-0.2, 0) is 4.75 Å². The summed E-state index contributed by atoms with van der Waals surface area (Å²) in [6.07, 6.45) is 2.31. The number of nitrogen functional groups attached to an aromatic ring is 1. The molecule has 0 radical (unpaired) electrons. The second kappa shape index (κ2) is 2.65. The van der Waals surface area contributed by atoms with E-state index in [1.165, 1.54) is 12.2 Å². The zero-order chi connectivity index (χ0) is 8.60. The molecule has 5 heteroatoms. The topological polar surface area (TPSA) is 64.9 Å². The molecule has 1 aliphatic rings. The van der Waals surface area contributed by atoms with Gasteiger partial charge in [-0.3, -0.25) is 0 Å². The SMILES string of the molecule is CC1(c2nnc(N)o2)CCCS1. The molecule has 12 heavy (non-hydrogen) atoms. The Hall–Kier alpha value is -0.710. The van der Waals surface area contributed by atoms with Gasteiger partial charge in [-0.15, -0.1) is 16.9 Å². The van der Waals surface area contributed by atoms with Crippen molar-refractivity contribution in [2.24, 2.45) is 0 Å². The highest BCUT2D eigenvalue weighted by Gasteiger charge is 2.36. The minimum atomic E-state index is 0.00458. The maximum Gasteiger partial charge on any atom is 0.312 e. The molecular formula is C7H11N3OS. The lowest BCUT2D eigenvalue weighted by Crippen LogP contribution is -2.12. The van der Waals surface area contributed by atoms with Gasteiger partial charge >= 0.3 is 6.01 Å². The van der Waals surface area contributed by atoms with Gasteiger partial charge in [-0.1, -0.05) is 5.10 Å². The molecule has 1 aromatic rings. The number of thioether (sulfide) groups is 1. The van der Waals surface area contributed by atoms with Crippen molar-refractivity contribution in [3.63, 3.8) is 0 Å². The number of anilines is 1. The molecule has 2 N–H and O–H groups in total. The molecule has 0 amide bonds. The molecule has 0 aliphatic carbocycles. The molecule has 0 saturated carbocycles. The Kier molecular flexibility index (Phi) is 1.75. The van der Waals surface area contributed by atoms with Crippen LogP contribution < -0.4 is 5.73 Å². The molecular weight excluding hydrogens is 174 g/mol. The zero-order valence-corrected chi connectivity index (χ0v) is 7.73. The van der Waals surface area contributed by atoms with Gasteiger partial charge in [0.2, 0.25) is 5.89 Å². The van der Waals surface area contributed by atoms with E-state index in [0.29, 0.717) is 5.89 Å². The molecule has 1 aliphatic heterocycles. The fourth-order valence-electron chi connectivity index (χ4n) is 1.40. The normalized spacial score (nSPS) is 29.4. The first-order valence-electron chi connectivity index (χ1n) is 3.94. The monoisotopic (exact) mass is 185 g/mol. The van der Waals surface area contributed by atoms with Crippen LogP contribution in [-0.4, -0.2) is 16.0 Å². The van der Waals surface area contributed by atoms with Crippen molar-refractivity contribution in [2.45, 2.75) is 24.5 Å². The van der Waals surface area contributed by atoms with Gasteiger partial charge in [0.15, 0.2) is 0 Å². The largest absolute Gasteiger partial charge is 0.407 e. The van der Waals surface area contributed by atoms with E-state index in [1.807, 2.05) is 11.8 Å².